The SMILES string of the molecule is COc1cc(-c2nc(Cl)c(C)c(Cl)n2)cc2c1OCO2. The molecule has 2 aromatic rings. The maximum absolute atomic E-state index is 6.04. The lowest BCUT2D eigenvalue weighted by Crippen LogP contribution is -1.95. The van der Waals surface area contributed by atoms with Crippen molar-refractivity contribution in [2.75, 3.05) is 13.9 Å². The number of halogens is 2. The summed E-state index contributed by atoms with van der Waals surface area (Å²) in [6.45, 7) is 1.92. The molecule has 3 rings (SSSR count). The van der Waals surface area contributed by atoms with E-state index in [2.05, 4.69) is 9.97 Å². The molecule has 0 radical (unpaired) electrons. The summed E-state index contributed by atoms with van der Waals surface area (Å²) in [5, 5.41) is 0.633. The van der Waals surface area contributed by atoms with Crippen molar-refractivity contribution in [1.82, 2.24) is 9.97 Å². The first-order valence-electron chi connectivity index (χ1n) is 5.78. The molecule has 0 spiro atoms. The molecule has 0 amide bonds. The van der Waals surface area contributed by atoms with Crippen molar-refractivity contribution in [2.45, 2.75) is 6.92 Å². The van der Waals surface area contributed by atoms with Gasteiger partial charge in [0, 0.05) is 11.1 Å². The van der Waals surface area contributed by atoms with Crippen LogP contribution in [0.4, 0.5) is 0 Å². The molecule has 0 saturated carbocycles. The van der Waals surface area contributed by atoms with Gasteiger partial charge in [-0.05, 0) is 19.1 Å². The van der Waals surface area contributed by atoms with Gasteiger partial charge in [0.25, 0.3) is 0 Å². The Balaban J connectivity index is 2.16. The summed E-state index contributed by atoms with van der Waals surface area (Å²) in [5.74, 6) is 2.10. The van der Waals surface area contributed by atoms with Crippen molar-refractivity contribution in [3.63, 3.8) is 0 Å². The highest BCUT2D eigenvalue weighted by Gasteiger charge is 2.22. The maximum Gasteiger partial charge on any atom is 0.231 e. The van der Waals surface area contributed by atoms with E-state index < -0.39 is 0 Å². The van der Waals surface area contributed by atoms with Crippen molar-refractivity contribution in [1.29, 1.82) is 0 Å². The first-order valence-corrected chi connectivity index (χ1v) is 6.53. The monoisotopic (exact) mass is 312 g/mol. The molecule has 0 fully saturated rings. The van der Waals surface area contributed by atoms with Crippen LogP contribution in [0, 0.1) is 6.92 Å². The number of ether oxygens (including phenoxy) is 3. The first kappa shape index (κ1) is 13.3. The fourth-order valence-corrected chi connectivity index (χ4v) is 2.24. The van der Waals surface area contributed by atoms with Gasteiger partial charge in [-0.1, -0.05) is 23.2 Å². The number of fused-ring (bicyclic) bond motifs is 1. The summed E-state index contributed by atoms with van der Waals surface area (Å²) in [5.41, 5.74) is 1.33. The third kappa shape index (κ3) is 2.13. The zero-order valence-corrected chi connectivity index (χ0v) is 12.2. The molecule has 0 aliphatic carbocycles. The summed E-state index contributed by atoms with van der Waals surface area (Å²) in [7, 11) is 1.55. The van der Waals surface area contributed by atoms with E-state index in [0.717, 1.165) is 0 Å². The summed E-state index contributed by atoms with van der Waals surface area (Å²) in [4.78, 5) is 8.45. The Labute approximate surface area is 125 Å². The molecule has 1 aromatic heterocycles. The number of aromatic nitrogens is 2. The van der Waals surface area contributed by atoms with Crippen molar-refractivity contribution >= 4 is 23.2 Å². The molecule has 0 N–H and O–H groups in total. The molecule has 1 aliphatic heterocycles. The summed E-state index contributed by atoms with van der Waals surface area (Å²) >= 11 is 12.1. The van der Waals surface area contributed by atoms with E-state index in [-0.39, 0.29) is 6.79 Å². The number of hydrogen-bond acceptors (Lipinski definition) is 5. The molecule has 0 bridgehead atoms. The normalized spacial score (nSPS) is 12.6. The predicted molar refractivity (Wildman–Crippen MR) is 74.9 cm³/mol. The van der Waals surface area contributed by atoms with E-state index in [1.807, 2.05) is 0 Å². The van der Waals surface area contributed by atoms with E-state index in [1.54, 1.807) is 26.2 Å². The molecule has 1 aliphatic rings. The van der Waals surface area contributed by atoms with Crippen LogP contribution in [0.3, 0.4) is 0 Å². The van der Waals surface area contributed by atoms with Gasteiger partial charge in [0.15, 0.2) is 17.3 Å². The molecule has 0 saturated heterocycles. The largest absolute Gasteiger partial charge is 0.493 e. The van der Waals surface area contributed by atoms with Gasteiger partial charge in [0.2, 0.25) is 12.5 Å². The van der Waals surface area contributed by atoms with Crippen LogP contribution in [0.25, 0.3) is 11.4 Å². The second kappa shape index (κ2) is 5.00. The van der Waals surface area contributed by atoms with Crippen molar-refractivity contribution in [3.8, 4) is 28.6 Å². The summed E-state index contributed by atoms with van der Waals surface area (Å²) in [6, 6.07) is 3.52. The Hall–Kier alpha value is -1.72. The Morgan fingerprint density at radius 3 is 2.50 bits per heavy atom. The van der Waals surface area contributed by atoms with Gasteiger partial charge in [0.05, 0.1) is 7.11 Å². The van der Waals surface area contributed by atoms with E-state index >= 15 is 0 Å². The molecule has 0 unspecified atom stereocenters. The Kier molecular flexibility index (Phi) is 3.31. The van der Waals surface area contributed by atoms with Crippen LogP contribution in [0.2, 0.25) is 10.3 Å². The first-order chi connectivity index (χ1) is 9.60. The molecular weight excluding hydrogens is 303 g/mol. The predicted octanol–water partition coefficient (Wildman–Crippen LogP) is 3.50. The lowest BCUT2D eigenvalue weighted by Gasteiger charge is -2.09. The molecule has 1 aromatic carbocycles. The molecule has 5 nitrogen and oxygen atoms in total. The minimum Gasteiger partial charge on any atom is -0.493 e. The van der Waals surface area contributed by atoms with Crippen molar-refractivity contribution in [2.24, 2.45) is 0 Å². The Morgan fingerprint density at radius 2 is 1.85 bits per heavy atom. The number of methoxy groups -OCH3 is 1. The number of rotatable bonds is 2. The Bertz CT molecular complexity index is 669. The van der Waals surface area contributed by atoms with Gasteiger partial charge < -0.3 is 14.2 Å². The fourth-order valence-electron chi connectivity index (χ4n) is 1.85. The lowest BCUT2D eigenvalue weighted by atomic mass is 10.1. The van der Waals surface area contributed by atoms with E-state index in [4.69, 9.17) is 37.4 Å². The van der Waals surface area contributed by atoms with E-state index in [9.17, 15) is 0 Å². The molecule has 104 valence electrons. The van der Waals surface area contributed by atoms with Gasteiger partial charge in [-0.25, -0.2) is 9.97 Å². The highest BCUT2D eigenvalue weighted by Crippen LogP contribution is 2.44. The highest BCUT2D eigenvalue weighted by atomic mass is 35.5. The van der Waals surface area contributed by atoms with Crippen LogP contribution >= 0.6 is 23.2 Å². The van der Waals surface area contributed by atoms with Crippen LogP contribution in [0.1, 0.15) is 5.56 Å². The number of hydrogen-bond donors (Lipinski definition) is 0. The minimum absolute atomic E-state index is 0.158. The van der Waals surface area contributed by atoms with Crippen molar-refractivity contribution < 1.29 is 14.2 Å². The third-order valence-corrected chi connectivity index (χ3v) is 3.68. The molecule has 2 heterocycles. The molecular formula is C13H10Cl2N2O3. The third-order valence-electron chi connectivity index (χ3n) is 2.94. The second-order valence-corrected chi connectivity index (χ2v) is 4.88. The molecule has 7 heteroatoms. The fraction of sp³-hybridized carbons (Fsp3) is 0.231. The van der Waals surface area contributed by atoms with Gasteiger partial charge >= 0.3 is 0 Å². The van der Waals surface area contributed by atoms with Crippen LogP contribution < -0.4 is 14.2 Å². The smallest absolute Gasteiger partial charge is 0.231 e. The average Bonchev–Trinajstić information content (AvgIpc) is 2.91. The van der Waals surface area contributed by atoms with Gasteiger partial charge in [0.1, 0.15) is 10.3 Å². The zero-order valence-electron chi connectivity index (χ0n) is 10.7. The van der Waals surface area contributed by atoms with Gasteiger partial charge in [-0.2, -0.15) is 0 Å². The lowest BCUT2D eigenvalue weighted by molar-refractivity contribution is 0.171. The number of benzene rings is 1. The minimum atomic E-state index is 0.158. The van der Waals surface area contributed by atoms with E-state index in [1.165, 1.54) is 0 Å². The van der Waals surface area contributed by atoms with Crippen LogP contribution in [0.15, 0.2) is 12.1 Å². The highest BCUT2D eigenvalue weighted by molar-refractivity contribution is 6.34. The topological polar surface area (TPSA) is 53.5 Å². The standard InChI is InChI=1S/C13H10Cl2N2O3/c1-6-11(14)16-13(17-12(6)15)7-3-8(18-2)10-9(4-7)19-5-20-10/h3-4H,5H2,1-2H3. The van der Waals surface area contributed by atoms with Crippen LogP contribution in [-0.4, -0.2) is 23.9 Å². The van der Waals surface area contributed by atoms with Crippen LogP contribution in [0.5, 0.6) is 17.2 Å². The van der Waals surface area contributed by atoms with Gasteiger partial charge in [-0.3, -0.25) is 0 Å². The zero-order chi connectivity index (χ0) is 14.3. The van der Waals surface area contributed by atoms with Crippen LogP contribution in [-0.2, 0) is 0 Å². The summed E-state index contributed by atoms with van der Waals surface area (Å²) < 4.78 is 16.0. The quantitative estimate of drug-likeness (QED) is 0.794. The van der Waals surface area contributed by atoms with Crippen molar-refractivity contribution in [3.05, 3.63) is 28.0 Å². The summed E-state index contributed by atoms with van der Waals surface area (Å²) in [6.07, 6.45) is 0. The van der Waals surface area contributed by atoms with E-state index in [0.29, 0.717) is 44.5 Å². The maximum atomic E-state index is 6.04. The Morgan fingerprint density at radius 1 is 1.15 bits per heavy atom. The average molecular weight is 313 g/mol. The number of nitrogens with zero attached hydrogens (tertiary/aromatic N) is 2. The second-order valence-electron chi connectivity index (χ2n) is 4.17. The van der Waals surface area contributed by atoms with Gasteiger partial charge in [-0.15, -0.1) is 0 Å². The molecule has 20 heavy (non-hydrogen) atoms. The molecule has 0 atom stereocenters.